The molecule has 1 atom stereocenters. The molecule has 0 radical (unpaired) electrons. The normalized spacial score (nSPS) is 26.4. The number of pyridine rings is 1. The zero-order valence-electron chi connectivity index (χ0n) is 13.4. The van der Waals surface area contributed by atoms with Gasteiger partial charge in [0.15, 0.2) is 0 Å². The maximum absolute atomic E-state index is 6.29. The Morgan fingerprint density at radius 2 is 1.95 bits per heavy atom. The molecule has 1 unspecified atom stereocenters. The van der Waals surface area contributed by atoms with Crippen LogP contribution >= 0.6 is 11.6 Å². The van der Waals surface area contributed by atoms with Crippen molar-refractivity contribution in [3.8, 4) is 5.88 Å². The molecule has 0 N–H and O–H groups in total. The first kappa shape index (κ1) is 16.1. The van der Waals surface area contributed by atoms with Crippen molar-refractivity contribution in [2.75, 3.05) is 13.2 Å². The molecule has 0 spiro atoms. The van der Waals surface area contributed by atoms with Crippen molar-refractivity contribution in [3.05, 3.63) is 17.3 Å². The van der Waals surface area contributed by atoms with Crippen LogP contribution in [0.3, 0.4) is 0 Å². The lowest BCUT2D eigenvalue weighted by atomic mass is 9.80. The average Bonchev–Trinajstić information content (AvgIpc) is 2.99. The van der Waals surface area contributed by atoms with Crippen LogP contribution < -0.4 is 10.2 Å². The van der Waals surface area contributed by atoms with Crippen LogP contribution in [0.4, 0.5) is 0 Å². The highest BCUT2D eigenvalue weighted by molar-refractivity contribution is 6.62. The van der Waals surface area contributed by atoms with Crippen LogP contribution in [0.2, 0.25) is 5.02 Å². The fourth-order valence-corrected chi connectivity index (χ4v) is 2.62. The summed E-state index contributed by atoms with van der Waals surface area (Å²) in [7, 11) is -0.473. The lowest BCUT2D eigenvalue weighted by Gasteiger charge is -2.32. The van der Waals surface area contributed by atoms with E-state index >= 15 is 0 Å². The number of rotatable bonds is 3. The van der Waals surface area contributed by atoms with Crippen molar-refractivity contribution in [2.45, 2.75) is 51.4 Å². The van der Waals surface area contributed by atoms with Crippen LogP contribution in [0, 0.1) is 0 Å². The van der Waals surface area contributed by atoms with Gasteiger partial charge >= 0.3 is 7.12 Å². The predicted octanol–water partition coefficient (Wildman–Crippen LogP) is 2.20. The van der Waals surface area contributed by atoms with Crippen LogP contribution in [-0.2, 0) is 14.0 Å². The zero-order valence-corrected chi connectivity index (χ0v) is 14.1. The Labute approximate surface area is 136 Å². The fraction of sp³-hybridized carbons (Fsp3) is 0.667. The van der Waals surface area contributed by atoms with E-state index in [1.54, 1.807) is 12.3 Å². The number of nitrogens with zero attached hydrogens (tertiary/aromatic N) is 1. The first-order valence-electron chi connectivity index (χ1n) is 7.54. The van der Waals surface area contributed by atoms with Gasteiger partial charge in [0.25, 0.3) is 0 Å². The first-order chi connectivity index (χ1) is 10.3. The van der Waals surface area contributed by atoms with E-state index in [2.05, 4.69) is 4.98 Å². The molecule has 22 heavy (non-hydrogen) atoms. The summed E-state index contributed by atoms with van der Waals surface area (Å²) in [6.45, 7) is 9.35. The second-order valence-corrected chi connectivity index (χ2v) is 7.15. The number of ether oxygens (including phenoxy) is 2. The van der Waals surface area contributed by atoms with Gasteiger partial charge in [-0.2, -0.15) is 0 Å². The van der Waals surface area contributed by atoms with Gasteiger partial charge in [-0.15, -0.1) is 0 Å². The van der Waals surface area contributed by atoms with Gasteiger partial charge in [0, 0.05) is 18.1 Å². The van der Waals surface area contributed by atoms with Crippen molar-refractivity contribution in [2.24, 2.45) is 0 Å². The number of hydrogen-bond donors (Lipinski definition) is 0. The molecule has 2 fully saturated rings. The maximum atomic E-state index is 6.29. The van der Waals surface area contributed by atoms with Crippen molar-refractivity contribution >= 4 is 24.2 Å². The molecule has 2 aliphatic heterocycles. The minimum absolute atomic E-state index is 0.0210. The smallest absolute Gasteiger partial charge is 0.471 e. The number of halogens is 1. The van der Waals surface area contributed by atoms with Gasteiger partial charge < -0.3 is 18.8 Å². The lowest BCUT2D eigenvalue weighted by Crippen LogP contribution is -2.41. The lowest BCUT2D eigenvalue weighted by molar-refractivity contribution is 0.00578. The van der Waals surface area contributed by atoms with Gasteiger partial charge in [0.2, 0.25) is 5.88 Å². The molecular weight excluding hydrogens is 304 g/mol. The van der Waals surface area contributed by atoms with Crippen molar-refractivity contribution in [3.63, 3.8) is 0 Å². The Kier molecular flexibility index (Phi) is 4.14. The van der Waals surface area contributed by atoms with E-state index in [0.29, 0.717) is 24.1 Å². The van der Waals surface area contributed by atoms with Crippen LogP contribution in [0.5, 0.6) is 5.88 Å². The third-order valence-corrected chi connectivity index (χ3v) is 4.79. The summed E-state index contributed by atoms with van der Waals surface area (Å²) in [6.07, 6.45) is 2.57. The fourth-order valence-electron chi connectivity index (χ4n) is 2.40. The summed E-state index contributed by atoms with van der Waals surface area (Å²) in [5, 5.41) is 0.458. The summed E-state index contributed by atoms with van der Waals surface area (Å²) in [6, 6.07) is 1.79. The van der Waals surface area contributed by atoms with Crippen molar-refractivity contribution in [1.82, 2.24) is 4.98 Å². The summed E-state index contributed by atoms with van der Waals surface area (Å²) in [5.74, 6) is 0.428. The van der Waals surface area contributed by atoms with E-state index < -0.39 is 7.12 Å². The molecule has 1 aromatic heterocycles. The van der Waals surface area contributed by atoms with Crippen LogP contribution in [0.25, 0.3) is 0 Å². The highest BCUT2D eigenvalue weighted by Gasteiger charge is 2.51. The molecule has 0 amide bonds. The molecular formula is C15H21BClNO4. The van der Waals surface area contributed by atoms with Crippen molar-refractivity contribution in [1.29, 1.82) is 0 Å². The molecule has 0 aliphatic carbocycles. The SMILES string of the molecule is CC1(C)OB(c2cnc(OC3CCOC3)c(Cl)c2)OC1(C)C. The maximum Gasteiger partial charge on any atom is 0.496 e. The summed E-state index contributed by atoms with van der Waals surface area (Å²) >= 11 is 6.29. The minimum atomic E-state index is -0.473. The quantitative estimate of drug-likeness (QED) is 0.798. The summed E-state index contributed by atoms with van der Waals surface area (Å²) in [4.78, 5) is 4.31. The number of aromatic nitrogens is 1. The Morgan fingerprint density at radius 3 is 2.50 bits per heavy atom. The van der Waals surface area contributed by atoms with Crippen LogP contribution in [-0.4, -0.2) is 42.6 Å². The molecule has 7 heteroatoms. The second-order valence-electron chi connectivity index (χ2n) is 6.75. The highest BCUT2D eigenvalue weighted by atomic mass is 35.5. The van der Waals surface area contributed by atoms with Crippen molar-refractivity contribution < 1.29 is 18.8 Å². The summed E-state index contributed by atoms with van der Waals surface area (Å²) in [5.41, 5.74) is 0.0137. The topological polar surface area (TPSA) is 49.8 Å². The zero-order chi connectivity index (χ0) is 16.0. The largest absolute Gasteiger partial charge is 0.496 e. The van der Waals surface area contributed by atoms with E-state index in [0.717, 1.165) is 11.9 Å². The molecule has 5 nitrogen and oxygen atoms in total. The Morgan fingerprint density at radius 1 is 1.27 bits per heavy atom. The van der Waals surface area contributed by atoms with E-state index in [1.807, 2.05) is 27.7 Å². The molecule has 0 bridgehead atoms. The van der Waals surface area contributed by atoms with Gasteiger partial charge in [-0.1, -0.05) is 11.6 Å². The monoisotopic (exact) mass is 325 g/mol. The third-order valence-electron chi connectivity index (χ3n) is 4.52. The molecule has 1 aromatic rings. The standard InChI is InChI=1S/C15H21BClNO4/c1-14(2)15(3,4)22-16(21-14)10-7-12(17)13(18-8-10)20-11-5-6-19-9-11/h7-8,11H,5-6,9H2,1-4H3. The van der Waals surface area contributed by atoms with Gasteiger partial charge in [-0.3, -0.25) is 0 Å². The second kappa shape index (κ2) is 5.67. The highest BCUT2D eigenvalue weighted by Crippen LogP contribution is 2.36. The molecule has 120 valence electrons. The first-order valence-corrected chi connectivity index (χ1v) is 7.92. The predicted molar refractivity (Wildman–Crippen MR) is 84.8 cm³/mol. The molecule has 2 aliphatic rings. The average molecular weight is 326 g/mol. The van der Waals surface area contributed by atoms with Crippen LogP contribution in [0.1, 0.15) is 34.1 Å². The molecule has 0 saturated carbocycles. The molecule has 3 rings (SSSR count). The van der Waals surface area contributed by atoms with Gasteiger partial charge in [-0.25, -0.2) is 4.98 Å². The van der Waals surface area contributed by atoms with Gasteiger partial charge in [-0.05, 0) is 33.8 Å². The van der Waals surface area contributed by atoms with Crippen LogP contribution in [0.15, 0.2) is 12.3 Å². The molecule has 2 saturated heterocycles. The van der Waals surface area contributed by atoms with E-state index in [1.165, 1.54) is 0 Å². The van der Waals surface area contributed by atoms with Gasteiger partial charge in [0.1, 0.15) is 11.1 Å². The van der Waals surface area contributed by atoms with E-state index in [-0.39, 0.29) is 17.3 Å². The Balaban J connectivity index is 1.75. The Bertz CT molecular complexity index is 544. The number of hydrogen-bond acceptors (Lipinski definition) is 5. The minimum Gasteiger partial charge on any atom is -0.471 e. The molecule has 0 aromatic carbocycles. The summed E-state index contributed by atoms with van der Waals surface area (Å²) < 4.78 is 23.0. The third kappa shape index (κ3) is 2.97. The molecule has 3 heterocycles. The van der Waals surface area contributed by atoms with E-state index in [9.17, 15) is 0 Å². The van der Waals surface area contributed by atoms with Gasteiger partial charge in [0.05, 0.1) is 24.4 Å². The Hall–Kier alpha value is -0.815. The van der Waals surface area contributed by atoms with E-state index in [4.69, 9.17) is 30.4 Å².